The van der Waals surface area contributed by atoms with Crippen LogP contribution in [0.5, 0.6) is 0 Å². The van der Waals surface area contributed by atoms with Gasteiger partial charge in [0.2, 0.25) is 0 Å². The third-order valence-electron chi connectivity index (χ3n) is 3.29. The van der Waals surface area contributed by atoms with Crippen molar-refractivity contribution in [1.82, 2.24) is 4.90 Å². The monoisotopic (exact) mass is 251 g/mol. The maximum Gasteiger partial charge on any atom is 0.0237 e. The highest BCUT2D eigenvalue weighted by molar-refractivity contribution is 5.64. The van der Waals surface area contributed by atoms with E-state index in [-0.39, 0.29) is 0 Å². The van der Waals surface area contributed by atoms with Crippen LogP contribution in [0.3, 0.4) is 0 Å². The summed E-state index contributed by atoms with van der Waals surface area (Å²) in [6.45, 7) is 9.32. The minimum Gasteiger partial charge on any atom is -0.295 e. The van der Waals surface area contributed by atoms with Gasteiger partial charge >= 0.3 is 0 Å². The SMILES string of the molecule is C=C(CN(CC)Cc1ccccc1)c1ccccc1. The van der Waals surface area contributed by atoms with Crippen LogP contribution in [0.1, 0.15) is 18.1 Å². The number of hydrogen-bond donors (Lipinski definition) is 0. The summed E-state index contributed by atoms with van der Waals surface area (Å²) in [7, 11) is 0. The van der Waals surface area contributed by atoms with E-state index >= 15 is 0 Å². The predicted molar refractivity (Wildman–Crippen MR) is 82.9 cm³/mol. The molecule has 0 N–H and O–H groups in total. The van der Waals surface area contributed by atoms with E-state index < -0.39 is 0 Å². The molecule has 98 valence electrons. The number of rotatable bonds is 6. The summed E-state index contributed by atoms with van der Waals surface area (Å²) >= 11 is 0. The van der Waals surface area contributed by atoms with Crippen molar-refractivity contribution in [1.29, 1.82) is 0 Å². The van der Waals surface area contributed by atoms with Crippen LogP contribution in [0.15, 0.2) is 67.2 Å². The summed E-state index contributed by atoms with van der Waals surface area (Å²) in [5, 5.41) is 0. The third kappa shape index (κ3) is 4.08. The fraction of sp³-hybridized carbons (Fsp3) is 0.222. The van der Waals surface area contributed by atoms with Crippen LogP contribution in [0.2, 0.25) is 0 Å². The largest absolute Gasteiger partial charge is 0.295 e. The van der Waals surface area contributed by atoms with Gasteiger partial charge in [0.1, 0.15) is 0 Å². The van der Waals surface area contributed by atoms with Crippen LogP contribution in [-0.4, -0.2) is 18.0 Å². The van der Waals surface area contributed by atoms with E-state index in [9.17, 15) is 0 Å². The van der Waals surface area contributed by atoms with Crippen molar-refractivity contribution in [3.8, 4) is 0 Å². The van der Waals surface area contributed by atoms with Gasteiger partial charge in [-0.1, -0.05) is 74.2 Å². The molecular weight excluding hydrogens is 230 g/mol. The Balaban J connectivity index is 1.98. The van der Waals surface area contributed by atoms with Gasteiger partial charge in [-0.15, -0.1) is 0 Å². The van der Waals surface area contributed by atoms with Crippen molar-refractivity contribution >= 4 is 5.57 Å². The molecular formula is C18H21N. The van der Waals surface area contributed by atoms with Gasteiger partial charge in [0.25, 0.3) is 0 Å². The van der Waals surface area contributed by atoms with E-state index in [0.717, 1.165) is 19.6 Å². The second-order valence-corrected chi connectivity index (χ2v) is 4.76. The quantitative estimate of drug-likeness (QED) is 0.743. The fourth-order valence-electron chi connectivity index (χ4n) is 2.16. The number of hydrogen-bond acceptors (Lipinski definition) is 1. The van der Waals surface area contributed by atoms with Crippen LogP contribution in [-0.2, 0) is 6.54 Å². The van der Waals surface area contributed by atoms with E-state index in [1.807, 2.05) is 6.07 Å². The molecule has 2 aromatic carbocycles. The van der Waals surface area contributed by atoms with Crippen molar-refractivity contribution in [3.63, 3.8) is 0 Å². The topological polar surface area (TPSA) is 3.24 Å². The molecule has 0 fully saturated rings. The second-order valence-electron chi connectivity index (χ2n) is 4.76. The number of likely N-dealkylation sites (N-methyl/N-ethyl adjacent to an activating group) is 1. The van der Waals surface area contributed by atoms with Gasteiger partial charge in [0, 0.05) is 13.1 Å². The first-order valence-corrected chi connectivity index (χ1v) is 6.79. The molecule has 0 amide bonds. The van der Waals surface area contributed by atoms with Gasteiger partial charge in [-0.2, -0.15) is 0 Å². The summed E-state index contributed by atoms with van der Waals surface area (Å²) in [4.78, 5) is 2.41. The molecule has 19 heavy (non-hydrogen) atoms. The van der Waals surface area contributed by atoms with Crippen LogP contribution in [0.25, 0.3) is 5.57 Å². The molecule has 2 rings (SSSR count). The Hall–Kier alpha value is -1.86. The van der Waals surface area contributed by atoms with E-state index in [2.05, 4.69) is 73.0 Å². The molecule has 1 nitrogen and oxygen atoms in total. The minimum atomic E-state index is 0.912. The molecule has 0 atom stereocenters. The third-order valence-corrected chi connectivity index (χ3v) is 3.29. The van der Waals surface area contributed by atoms with Crippen LogP contribution in [0.4, 0.5) is 0 Å². The maximum atomic E-state index is 4.21. The first-order chi connectivity index (χ1) is 9.29. The predicted octanol–water partition coefficient (Wildman–Crippen LogP) is 4.22. The Labute approximate surface area is 116 Å². The first-order valence-electron chi connectivity index (χ1n) is 6.79. The van der Waals surface area contributed by atoms with Crippen LogP contribution >= 0.6 is 0 Å². The standard InChI is InChI=1S/C18H21N/c1-3-19(15-17-10-6-4-7-11-17)14-16(2)18-12-8-5-9-13-18/h4-13H,2-3,14-15H2,1H3. The van der Waals surface area contributed by atoms with Gasteiger partial charge in [0.05, 0.1) is 0 Å². The highest BCUT2D eigenvalue weighted by Crippen LogP contribution is 2.14. The van der Waals surface area contributed by atoms with Crippen molar-refractivity contribution in [3.05, 3.63) is 78.4 Å². The smallest absolute Gasteiger partial charge is 0.0237 e. The molecule has 0 radical (unpaired) electrons. The molecule has 0 aromatic heterocycles. The molecule has 0 spiro atoms. The second kappa shape index (κ2) is 6.91. The van der Waals surface area contributed by atoms with Gasteiger partial charge in [-0.3, -0.25) is 4.90 Å². The van der Waals surface area contributed by atoms with Crippen LogP contribution in [0, 0.1) is 0 Å². The lowest BCUT2D eigenvalue weighted by atomic mass is 10.1. The van der Waals surface area contributed by atoms with Crippen molar-refractivity contribution in [2.24, 2.45) is 0 Å². The molecule has 2 aromatic rings. The summed E-state index contributed by atoms with van der Waals surface area (Å²) in [5.74, 6) is 0. The molecule has 0 unspecified atom stereocenters. The summed E-state index contributed by atoms with van der Waals surface area (Å²) in [5.41, 5.74) is 3.76. The molecule has 0 aliphatic rings. The minimum absolute atomic E-state index is 0.912. The molecule has 0 saturated heterocycles. The van der Waals surface area contributed by atoms with Crippen molar-refractivity contribution in [2.75, 3.05) is 13.1 Å². The van der Waals surface area contributed by atoms with E-state index in [1.54, 1.807) is 0 Å². The van der Waals surface area contributed by atoms with E-state index in [4.69, 9.17) is 0 Å². The lowest BCUT2D eigenvalue weighted by Crippen LogP contribution is -2.24. The molecule has 0 bridgehead atoms. The number of nitrogens with zero attached hydrogens (tertiary/aromatic N) is 1. The zero-order valence-corrected chi connectivity index (χ0v) is 11.5. The van der Waals surface area contributed by atoms with Gasteiger partial charge < -0.3 is 0 Å². The zero-order valence-electron chi connectivity index (χ0n) is 11.5. The Bertz CT molecular complexity index is 502. The zero-order chi connectivity index (χ0) is 13.5. The van der Waals surface area contributed by atoms with Crippen molar-refractivity contribution < 1.29 is 0 Å². The first kappa shape index (κ1) is 13.6. The summed E-state index contributed by atoms with van der Waals surface area (Å²) in [6.07, 6.45) is 0. The maximum absolute atomic E-state index is 4.21. The Morgan fingerprint density at radius 1 is 0.947 bits per heavy atom. The Morgan fingerprint density at radius 3 is 2.11 bits per heavy atom. The molecule has 1 heteroatoms. The highest BCUT2D eigenvalue weighted by atomic mass is 15.1. The Kier molecular flexibility index (Phi) is 4.93. The summed E-state index contributed by atoms with van der Waals surface area (Å²) < 4.78 is 0. The van der Waals surface area contributed by atoms with E-state index in [0.29, 0.717) is 0 Å². The van der Waals surface area contributed by atoms with Gasteiger partial charge in [0.15, 0.2) is 0 Å². The average molecular weight is 251 g/mol. The average Bonchev–Trinajstić information content (AvgIpc) is 2.48. The van der Waals surface area contributed by atoms with Gasteiger partial charge in [-0.05, 0) is 23.2 Å². The lowest BCUT2D eigenvalue weighted by Gasteiger charge is -2.22. The number of benzene rings is 2. The van der Waals surface area contributed by atoms with Gasteiger partial charge in [-0.25, -0.2) is 0 Å². The molecule has 0 saturated carbocycles. The molecule has 0 aliphatic carbocycles. The fourth-order valence-corrected chi connectivity index (χ4v) is 2.16. The lowest BCUT2D eigenvalue weighted by molar-refractivity contribution is 0.316. The Morgan fingerprint density at radius 2 is 1.53 bits per heavy atom. The summed E-state index contributed by atoms with van der Waals surface area (Å²) in [6, 6.07) is 21.0. The van der Waals surface area contributed by atoms with Crippen LogP contribution < -0.4 is 0 Å². The molecule has 0 heterocycles. The molecule has 0 aliphatic heterocycles. The normalized spacial score (nSPS) is 10.6. The van der Waals surface area contributed by atoms with E-state index in [1.165, 1.54) is 16.7 Å². The van der Waals surface area contributed by atoms with Crippen molar-refractivity contribution in [2.45, 2.75) is 13.5 Å². The highest BCUT2D eigenvalue weighted by Gasteiger charge is 2.06.